The zero-order valence-corrected chi connectivity index (χ0v) is 7.60. The smallest absolute Gasteiger partial charge is 0.397 e. The van der Waals surface area contributed by atoms with E-state index in [1.165, 1.54) is 0 Å². The third-order valence-electron chi connectivity index (χ3n) is 0.894. The van der Waals surface area contributed by atoms with Gasteiger partial charge in [0.1, 0.15) is 0 Å². The van der Waals surface area contributed by atoms with Gasteiger partial charge in [-0.15, -0.1) is 0 Å². The fraction of sp³-hybridized carbons (Fsp3) is 1.00. The minimum atomic E-state index is -6.62. The fourth-order valence-electron chi connectivity index (χ4n) is 0.303. The van der Waals surface area contributed by atoms with E-state index < -0.39 is 29.2 Å². The van der Waals surface area contributed by atoms with Crippen molar-refractivity contribution in [3.8, 4) is 0 Å². The number of alkyl halides is 7. The van der Waals surface area contributed by atoms with Gasteiger partial charge in [0, 0.05) is 0 Å². The van der Waals surface area contributed by atoms with Gasteiger partial charge in [-0.2, -0.15) is 30.7 Å². The summed E-state index contributed by atoms with van der Waals surface area (Å²) in [6.45, 7) is 0. The molecule has 0 atom stereocenters. The average molecular weight is 256 g/mol. The minimum Gasteiger partial charge on any atom is -0.397 e. The van der Waals surface area contributed by atoms with Crippen molar-refractivity contribution in [1.29, 1.82) is 0 Å². The maximum atomic E-state index is 11.9. The van der Waals surface area contributed by atoms with Gasteiger partial charge in [-0.1, -0.05) is 0 Å². The van der Waals surface area contributed by atoms with E-state index in [9.17, 15) is 39.2 Å². The van der Waals surface area contributed by atoms with Crippen LogP contribution in [0.25, 0.3) is 0 Å². The van der Waals surface area contributed by atoms with E-state index in [1.54, 1.807) is 0 Å². The van der Waals surface area contributed by atoms with Gasteiger partial charge >= 0.3 is 37.1 Å². The van der Waals surface area contributed by atoms with Crippen LogP contribution in [-0.4, -0.2) is 18.2 Å². The maximum Gasteiger partial charge on any atom is 1.00 e. The quantitative estimate of drug-likeness (QED) is 0.370. The second kappa shape index (κ2) is 4.90. The molecule has 0 aromatic carbocycles. The van der Waals surface area contributed by atoms with Crippen molar-refractivity contribution in [3.05, 3.63) is 0 Å². The van der Waals surface area contributed by atoms with Crippen molar-refractivity contribution in [3.63, 3.8) is 0 Å². The molecule has 12 heteroatoms. The van der Waals surface area contributed by atoms with Crippen LogP contribution in [0.4, 0.5) is 30.7 Å². The molecule has 0 saturated heterocycles. The molecular formula is C3F7LiO3S. The predicted molar refractivity (Wildman–Crippen MR) is 25.8 cm³/mol. The minimum absolute atomic E-state index is 0. The topological polar surface area (TPSA) is 43.4 Å². The monoisotopic (exact) mass is 256 g/mol. The van der Waals surface area contributed by atoms with E-state index in [0.717, 1.165) is 0 Å². The van der Waals surface area contributed by atoms with E-state index >= 15 is 0 Å². The molecule has 3 nitrogen and oxygen atoms in total. The zero-order valence-electron chi connectivity index (χ0n) is 6.78. The van der Waals surface area contributed by atoms with Crippen LogP contribution < -0.4 is 18.9 Å². The molecule has 0 saturated carbocycles. The van der Waals surface area contributed by atoms with E-state index in [-0.39, 0.29) is 18.9 Å². The third kappa shape index (κ3) is 3.82. The van der Waals surface area contributed by atoms with Crippen LogP contribution in [-0.2, 0) is 23.6 Å². The molecule has 0 amide bonds. The van der Waals surface area contributed by atoms with Crippen molar-refractivity contribution in [1.82, 2.24) is 0 Å². The molecule has 0 aromatic heterocycles. The van der Waals surface area contributed by atoms with Crippen LogP contribution >= 0.6 is 0 Å². The van der Waals surface area contributed by atoms with E-state index in [0.29, 0.717) is 0 Å². The van der Waals surface area contributed by atoms with Gasteiger partial charge in [0.05, 0.1) is 11.0 Å². The summed E-state index contributed by atoms with van der Waals surface area (Å²) >= 11 is 0. The van der Waals surface area contributed by atoms with Crippen LogP contribution in [0.15, 0.2) is 0 Å². The van der Waals surface area contributed by atoms with Crippen molar-refractivity contribution in [2.24, 2.45) is 0 Å². The third-order valence-corrected chi connectivity index (χ3v) is 1.24. The van der Waals surface area contributed by atoms with Gasteiger partial charge in [-0.3, -0.25) is 0 Å². The van der Waals surface area contributed by atoms with Crippen molar-refractivity contribution in [2.75, 3.05) is 0 Å². The maximum absolute atomic E-state index is 11.9. The Morgan fingerprint density at radius 3 is 1.40 bits per heavy atom. The van der Waals surface area contributed by atoms with Crippen LogP contribution in [0.5, 0.6) is 0 Å². The molecule has 0 unspecified atom stereocenters. The molecule has 0 aliphatic carbocycles. The largest absolute Gasteiger partial charge is 1.00 e. The Bertz CT molecular complexity index is 276. The second-order valence-corrected chi connectivity index (χ2v) is 2.45. The summed E-state index contributed by atoms with van der Waals surface area (Å²) in [6.07, 6.45) is -12.8. The molecule has 0 heterocycles. The summed E-state index contributed by atoms with van der Waals surface area (Å²) in [6, 6.07) is 0. The molecule has 15 heavy (non-hydrogen) atoms. The molecule has 0 bridgehead atoms. The van der Waals surface area contributed by atoms with Crippen LogP contribution in [0.1, 0.15) is 0 Å². The molecule has 0 radical (unpaired) electrons. The zero-order chi connectivity index (χ0) is 11.8. The number of hydrogen-bond donors (Lipinski definition) is 0. The van der Waals surface area contributed by atoms with Gasteiger partial charge in [0.2, 0.25) is 0 Å². The normalized spacial score (nSPS) is 13.9. The van der Waals surface area contributed by atoms with Crippen molar-refractivity contribution in [2.45, 2.75) is 18.2 Å². The first kappa shape index (κ1) is 17.4. The molecule has 0 N–H and O–H groups in total. The Labute approximate surface area is 91.9 Å². The fourth-order valence-corrected chi connectivity index (χ4v) is 0.578. The first-order chi connectivity index (χ1) is 5.92. The van der Waals surface area contributed by atoms with Gasteiger partial charge in [-0.25, -0.2) is 0 Å². The average Bonchev–Trinajstić information content (AvgIpc) is 1.80. The Kier molecular flexibility index (Phi) is 5.69. The number of hydrogen-bond acceptors (Lipinski definition) is 4. The molecular weight excluding hydrogens is 256 g/mol. The van der Waals surface area contributed by atoms with Crippen LogP contribution in [0.2, 0.25) is 0 Å². The Balaban J connectivity index is 0. The first-order valence-electron chi connectivity index (χ1n) is 2.53. The molecule has 0 rings (SSSR count). The first-order valence-corrected chi connectivity index (χ1v) is 3.53. The second-order valence-electron chi connectivity index (χ2n) is 1.88. The van der Waals surface area contributed by atoms with Gasteiger partial charge in [0.15, 0.2) is 0 Å². The number of halogens is 7. The van der Waals surface area contributed by atoms with Gasteiger partial charge in [-0.05, 0) is 0 Å². The Hall–Kier alpha value is 0.0174. The summed E-state index contributed by atoms with van der Waals surface area (Å²) in [5.74, 6) is -6.58. The van der Waals surface area contributed by atoms with Gasteiger partial charge < -0.3 is 12.6 Å². The molecule has 0 aromatic rings. The molecule has 0 aliphatic rings. The SMILES string of the molecule is O=[S-](=O)OC(F)(F)C(F)(F)C(F)(F)F.[Li+]. The van der Waals surface area contributed by atoms with Crippen LogP contribution in [0, 0.1) is 0 Å². The summed E-state index contributed by atoms with van der Waals surface area (Å²) in [5.41, 5.74) is 0. The molecule has 0 fully saturated rings. The molecule has 0 spiro atoms. The van der Waals surface area contributed by atoms with E-state index in [1.807, 2.05) is 0 Å². The van der Waals surface area contributed by atoms with E-state index in [2.05, 4.69) is 4.18 Å². The standard InChI is InChI=1S/C3F7O3S.Li/c4-1(5,2(6,7)8)3(9,10)13-14(11)12;/q-1;+1. The van der Waals surface area contributed by atoms with Crippen LogP contribution in [0.3, 0.4) is 0 Å². The number of rotatable bonds is 3. The van der Waals surface area contributed by atoms with Crippen molar-refractivity contribution >= 4 is 11.0 Å². The molecule has 86 valence electrons. The summed E-state index contributed by atoms with van der Waals surface area (Å²) in [7, 11) is -4.20. The molecule has 0 aliphatic heterocycles. The van der Waals surface area contributed by atoms with E-state index in [4.69, 9.17) is 0 Å². The predicted octanol–water partition coefficient (Wildman–Crippen LogP) is -0.978. The Morgan fingerprint density at radius 2 is 1.20 bits per heavy atom. The Morgan fingerprint density at radius 1 is 0.867 bits per heavy atom. The summed E-state index contributed by atoms with van der Waals surface area (Å²) in [5, 5.41) is 0. The van der Waals surface area contributed by atoms with Crippen molar-refractivity contribution < 1.29 is 62.2 Å². The van der Waals surface area contributed by atoms with Gasteiger partial charge in [0.25, 0.3) is 0 Å². The summed E-state index contributed by atoms with van der Waals surface area (Å²) in [4.78, 5) is 0. The summed E-state index contributed by atoms with van der Waals surface area (Å²) < 4.78 is 102.